The van der Waals surface area contributed by atoms with Crippen LogP contribution in [0.4, 0.5) is 0 Å². The van der Waals surface area contributed by atoms with Gasteiger partial charge in [0, 0.05) is 28.4 Å². The number of carboxylic acid groups (broad SMARTS) is 1. The van der Waals surface area contributed by atoms with Crippen LogP contribution in [0, 0.1) is 0 Å². The molecule has 2 heterocycles. The van der Waals surface area contributed by atoms with E-state index >= 15 is 0 Å². The van der Waals surface area contributed by atoms with Gasteiger partial charge in [-0.25, -0.2) is 4.79 Å². The van der Waals surface area contributed by atoms with Gasteiger partial charge in [0.15, 0.2) is 0 Å². The van der Waals surface area contributed by atoms with E-state index in [0.717, 1.165) is 6.54 Å². The van der Waals surface area contributed by atoms with E-state index in [1.807, 2.05) is 11.3 Å². The molecule has 0 bridgehead atoms. The Bertz CT molecular complexity index is 578. The zero-order valence-electron chi connectivity index (χ0n) is 10.4. The molecule has 0 fully saturated rings. The maximum Gasteiger partial charge on any atom is 0.372 e. The highest BCUT2D eigenvalue weighted by Gasteiger charge is 2.15. The molecule has 0 saturated heterocycles. The van der Waals surface area contributed by atoms with Crippen molar-refractivity contribution >= 4 is 17.3 Å². The molecule has 0 unspecified atom stereocenters. The predicted molar refractivity (Wildman–Crippen MR) is 72.6 cm³/mol. The van der Waals surface area contributed by atoms with Gasteiger partial charge in [-0.15, -0.1) is 11.3 Å². The number of nitrogens with one attached hydrogen (secondary N) is 1. The van der Waals surface area contributed by atoms with Crippen molar-refractivity contribution in [3.8, 4) is 0 Å². The molecule has 0 atom stereocenters. The Morgan fingerprint density at radius 2 is 2.32 bits per heavy atom. The third kappa shape index (κ3) is 2.57. The van der Waals surface area contributed by atoms with E-state index in [9.17, 15) is 4.79 Å². The lowest BCUT2D eigenvalue weighted by atomic mass is 10.2. The first kappa shape index (κ1) is 12.4. The summed E-state index contributed by atoms with van der Waals surface area (Å²) >= 11 is 1.87. The molecule has 2 aromatic rings. The smallest absolute Gasteiger partial charge is 0.372 e. The van der Waals surface area contributed by atoms with Crippen LogP contribution in [0.3, 0.4) is 0 Å². The second kappa shape index (κ2) is 5.19. The van der Waals surface area contributed by atoms with Crippen molar-refractivity contribution in [3.05, 3.63) is 45.0 Å². The normalized spacial score (nSPS) is 13.7. The summed E-state index contributed by atoms with van der Waals surface area (Å²) in [6.07, 6.45) is 5.12. The van der Waals surface area contributed by atoms with E-state index in [2.05, 4.69) is 11.4 Å². The molecule has 2 N–H and O–H groups in total. The van der Waals surface area contributed by atoms with Gasteiger partial charge in [-0.2, -0.15) is 0 Å². The summed E-state index contributed by atoms with van der Waals surface area (Å²) in [5.41, 5.74) is 2.19. The fourth-order valence-electron chi connectivity index (χ4n) is 2.46. The van der Waals surface area contributed by atoms with Gasteiger partial charge in [-0.3, -0.25) is 0 Å². The van der Waals surface area contributed by atoms with Crippen LogP contribution in [0.1, 0.15) is 37.9 Å². The Morgan fingerprint density at radius 3 is 3.11 bits per heavy atom. The molecule has 0 radical (unpaired) electrons. The van der Waals surface area contributed by atoms with Crippen LogP contribution < -0.4 is 5.32 Å². The summed E-state index contributed by atoms with van der Waals surface area (Å²) in [5.74, 6) is -0.988. The zero-order valence-corrected chi connectivity index (χ0v) is 11.3. The van der Waals surface area contributed by atoms with Crippen LogP contribution in [-0.4, -0.2) is 11.1 Å². The molecular weight excluding hydrogens is 262 g/mol. The minimum absolute atomic E-state index is 0.0289. The van der Waals surface area contributed by atoms with Gasteiger partial charge < -0.3 is 14.8 Å². The van der Waals surface area contributed by atoms with Crippen molar-refractivity contribution in [2.75, 3.05) is 0 Å². The van der Waals surface area contributed by atoms with Crippen LogP contribution in [0.15, 0.2) is 22.8 Å². The molecule has 0 amide bonds. The molecule has 5 heteroatoms. The molecule has 100 valence electrons. The Kier molecular flexibility index (Phi) is 3.40. The number of fused-ring (bicyclic) bond motifs is 1. The zero-order chi connectivity index (χ0) is 13.2. The topological polar surface area (TPSA) is 62.5 Å². The first-order valence-corrected chi connectivity index (χ1v) is 7.16. The predicted octanol–water partition coefficient (Wildman–Crippen LogP) is 2.82. The van der Waals surface area contributed by atoms with Gasteiger partial charge in [0.25, 0.3) is 0 Å². The van der Waals surface area contributed by atoms with E-state index in [1.54, 1.807) is 6.07 Å². The molecule has 4 nitrogen and oxygen atoms in total. The summed E-state index contributed by atoms with van der Waals surface area (Å²) in [5, 5.41) is 12.2. The molecule has 2 aromatic heterocycles. The highest BCUT2D eigenvalue weighted by atomic mass is 32.1. The molecule has 19 heavy (non-hydrogen) atoms. The lowest BCUT2D eigenvalue weighted by Gasteiger charge is -2.02. The van der Waals surface area contributed by atoms with Crippen molar-refractivity contribution in [3.63, 3.8) is 0 Å². The van der Waals surface area contributed by atoms with Crippen LogP contribution >= 0.6 is 11.3 Å². The fourth-order valence-corrected chi connectivity index (χ4v) is 3.69. The standard InChI is InChI=1S/C14H15NO3S/c16-14(17)13-10(4-5-18-13)7-15-8-11-6-9-2-1-3-12(9)19-11/h4-6,15H,1-3,7-8H2,(H,16,17). The highest BCUT2D eigenvalue weighted by Crippen LogP contribution is 2.30. The first-order chi connectivity index (χ1) is 9.24. The molecule has 0 aliphatic heterocycles. The van der Waals surface area contributed by atoms with E-state index in [4.69, 9.17) is 9.52 Å². The molecular formula is C14H15NO3S. The number of hydrogen-bond donors (Lipinski definition) is 2. The average Bonchev–Trinajstić information content (AvgIpc) is 3.02. The molecule has 3 rings (SSSR count). The van der Waals surface area contributed by atoms with Crippen molar-refractivity contribution in [1.82, 2.24) is 5.32 Å². The minimum atomic E-state index is -1.02. The maximum absolute atomic E-state index is 10.9. The summed E-state index contributed by atoms with van der Waals surface area (Å²) in [4.78, 5) is 13.7. The highest BCUT2D eigenvalue weighted by molar-refractivity contribution is 7.12. The number of carbonyl (C=O) groups is 1. The average molecular weight is 277 g/mol. The van der Waals surface area contributed by atoms with Crippen molar-refractivity contribution in [1.29, 1.82) is 0 Å². The summed E-state index contributed by atoms with van der Waals surface area (Å²) in [6.45, 7) is 1.29. The van der Waals surface area contributed by atoms with Gasteiger partial charge in [0.2, 0.25) is 5.76 Å². The van der Waals surface area contributed by atoms with Gasteiger partial charge >= 0.3 is 5.97 Å². The number of furan rings is 1. The van der Waals surface area contributed by atoms with Crippen molar-refractivity contribution in [2.45, 2.75) is 32.4 Å². The van der Waals surface area contributed by atoms with Gasteiger partial charge in [-0.1, -0.05) is 0 Å². The minimum Gasteiger partial charge on any atom is -0.475 e. The number of aryl methyl sites for hydroxylation is 2. The fraction of sp³-hybridized carbons (Fsp3) is 0.357. The second-order valence-corrected chi connectivity index (χ2v) is 5.92. The lowest BCUT2D eigenvalue weighted by molar-refractivity contribution is 0.0660. The number of aromatic carboxylic acids is 1. The van der Waals surface area contributed by atoms with Crippen LogP contribution in [-0.2, 0) is 25.9 Å². The van der Waals surface area contributed by atoms with Gasteiger partial charge in [0.05, 0.1) is 6.26 Å². The monoisotopic (exact) mass is 277 g/mol. The van der Waals surface area contributed by atoms with E-state index in [1.165, 1.54) is 40.8 Å². The number of rotatable bonds is 5. The molecule has 0 aromatic carbocycles. The molecule has 1 aliphatic carbocycles. The number of hydrogen-bond acceptors (Lipinski definition) is 4. The molecule has 1 aliphatic rings. The summed E-state index contributed by atoms with van der Waals surface area (Å²) in [7, 11) is 0. The third-order valence-corrected chi connectivity index (χ3v) is 4.59. The molecule has 0 spiro atoms. The Morgan fingerprint density at radius 1 is 1.42 bits per heavy atom. The number of carboxylic acids is 1. The Labute approximate surface area is 115 Å². The maximum atomic E-state index is 10.9. The lowest BCUT2D eigenvalue weighted by Crippen LogP contribution is -2.13. The largest absolute Gasteiger partial charge is 0.475 e. The SMILES string of the molecule is O=C(O)c1occc1CNCc1cc2c(s1)CCC2. The van der Waals surface area contributed by atoms with E-state index in [-0.39, 0.29) is 5.76 Å². The Balaban J connectivity index is 1.58. The van der Waals surface area contributed by atoms with Crippen LogP contribution in [0.25, 0.3) is 0 Å². The second-order valence-electron chi connectivity index (χ2n) is 4.70. The van der Waals surface area contributed by atoms with Crippen LogP contribution in [0.2, 0.25) is 0 Å². The Hall–Kier alpha value is -1.59. The summed E-state index contributed by atoms with van der Waals surface area (Å²) < 4.78 is 4.94. The van der Waals surface area contributed by atoms with Gasteiger partial charge in [0.1, 0.15) is 0 Å². The van der Waals surface area contributed by atoms with Crippen LogP contribution in [0.5, 0.6) is 0 Å². The van der Waals surface area contributed by atoms with Crippen molar-refractivity contribution < 1.29 is 14.3 Å². The third-order valence-electron chi connectivity index (χ3n) is 3.35. The number of thiophene rings is 1. The van der Waals surface area contributed by atoms with Crippen molar-refractivity contribution in [2.24, 2.45) is 0 Å². The summed E-state index contributed by atoms with van der Waals surface area (Å²) in [6, 6.07) is 3.97. The molecule has 0 saturated carbocycles. The quantitative estimate of drug-likeness (QED) is 0.882. The van der Waals surface area contributed by atoms with E-state index < -0.39 is 5.97 Å². The van der Waals surface area contributed by atoms with Gasteiger partial charge in [-0.05, 0) is 37.0 Å². The van der Waals surface area contributed by atoms with E-state index in [0.29, 0.717) is 12.1 Å². The first-order valence-electron chi connectivity index (χ1n) is 6.35.